The molecule has 0 bridgehead atoms. The first-order valence-electron chi connectivity index (χ1n) is 7.69. The van der Waals surface area contributed by atoms with E-state index in [2.05, 4.69) is 10.3 Å². The Morgan fingerprint density at radius 3 is 2.75 bits per heavy atom. The van der Waals surface area contributed by atoms with Crippen LogP contribution >= 0.6 is 23.1 Å². The van der Waals surface area contributed by atoms with Gasteiger partial charge in [0.15, 0.2) is 5.13 Å². The molecule has 1 fully saturated rings. The van der Waals surface area contributed by atoms with Gasteiger partial charge in [0.2, 0.25) is 12.3 Å². The molecule has 1 saturated heterocycles. The maximum atomic E-state index is 12.5. The van der Waals surface area contributed by atoms with E-state index in [1.165, 1.54) is 4.90 Å². The van der Waals surface area contributed by atoms with Crippen molar-refractivity contribution in [1.29, 1.82) is 0 Å². The van der Waals surface area contributed by atoms with E-state index in [1.807, 2.05) is 20.8 Å². The lowest BCUT2D eigenvalue weighted by atomic mass is 10.2. The van der Waals surface area contributed by atoms with E-state index in [-0.39, 0.29) is 12.5 Å². The van der Waals surface area contributed by atoms with Crippen molar-refractivity contribution in [3.8, 4) is 0 Å². The van der Waals surface area contributed by atoms with Crippen LogP contribution in [-0.4, -0.2) is 51.4 Å². The van der Waals surface area contributed by atoms with Crippen molar-refractivity contribution in [2.75, 3.05) is 17.7 Å². The lowest BCUT2D eigenvalue weighted by Gasteiger charge is -2.29. The number of aryl methyl sites for hydroxylation is 1. The van der Waals surface area contributed by atoms with E-state index in [0.717, 1.165) is 11.3 Å². The third-order valence-corrected chi connectivity index (χ3v) is 6.08. The molecule has 132 valence electrons. The standard InChI is InChI=1S/C15H21N3O4S2/c1-5-9-11(13(21)22-6-2)24-14(16-9)17-12(20)10-7-23-15(3,4)18(10)8-19/h8,10H,5-7H2,1-4H3,(H,16,17,20). The molecule has 0 radical (unpaired) electrons. The maximum Gasteiger partial charge on any atom is 0.350 e. The number of hydrogen-bond donors (Lipinski definition) is 1. The molecule has 9 heteroatoms. The highest BCUT2D eigenvalue weighted by atomic mass is 32.2. The Morgan fingerprint density at radius 1 is 1.46 bits per heavy atom. The molecule has 0 aromatic carbocycles. The summed E-state index contributed by atoms with van der Waals surface area (Å²) in [5.41, 5.74) is 0.599. The van der Waals surface area contributed by atoms with Crippen molar-refractivity contribution in [3.05, 3.63) is 10.6 Å². The summed E-state index contributed by atoms with van der Waals surface area (Å²) >= 11 is 2.64. The number of rotatable bonds is 6. The summed E-state index contributed by atoms with van der Waals surface area (Å²) in [4.78, 5) is 41.6. The van der Waals surface area contributed by atoms with Gasteiger partial charge < -0.3 is 15.0 Å². The van der Waals surface area contributed by atoms with Crippen LogP contribution in [0.5, 0.6) is 0 Å². The Kier molecular flexibility index (Phi) is 5.87. The summed E-state index contributed by atoms with van der Waals surface area (Å²) in [7, 11) is 0. The Hall–Kier alpha value is -1.61. The van der Waals surface area contributed by atoms with Gasteiger partial charge in [0, 0.05) is 5.75 Å². The second-order valence-corrected chi connectivity index (χ2v) is 8.26. The molecule has 0 spiro atoms. The van der Waals surface area contributed by atoms with Crippen molar-refractivity contribution in [3.63, 3.8) is 0 Å². The molecule has 1 aliphatic heterocycles. The van der Waals surface area contributed by atoms with Gasteiger partial charge in [-0.2, -0.15) is 0 Å². The van der Waals surface area contributed by atoms with E-state index in [0.29, 0.717) is 34.3 Å². The fraction of sp³-hybridized carbons (Fsp3) is 0.600. The summed E-state index contributed by atoms with van der Waals surface area (Å²) in [6.07, 6.45) is 1.26. The predicted molar refractivity (Wildman–Crippen MR) is 94.3 cm³/mol. The first-order valence-corrected chi connectivity index (χ1v) is 9.49. The Labute approximate surface area is 149 Å². The summed E-state index contributed by atoms with van der Waals surface area (Å²) in [6, 6.07) is -0.553. The first kappa shape index (κ1) is 18.7. The van der Waals surface area contributed by atoms with Crippen molar-refractivity contribution >= 4 is 46.5 Å². The van der Waals surface area contributed by atoms with Gasteiger partial charge in [0.25, 0.3) is 0 Å². The number of hydrogen-bond acceptors (Lipinski definition) is 7. The second kappa shape index (κ2) is 7.52. The van der Waals surface area contributed by atoms with Gasteiger partial charge in [-0.25, -0.2) is 9.78 Å². The topological polar surface area (TPSA) is 88.6 Å². The molecule has 1 unspecified atom stereocenters. The van der Waals surface area contributed by atoms with Gasteiger partial charge in [-0.15, -0.1) is 11.8 Å². The van der Waals surface area contributed by atoms with Crippen LogP contribution in [0.4, 0.5) is 5.13 Å². The van der Waals surface area contributed by atoms with Crippen LogP contribution in [0.1, 0.15) is 43.1 Å². The molecule has 2 rings (SSSR count). The number of nitrogens with one attached hydrogen (secondary N) is 1. The van der Waals surface area contributed by atoms with Crippen LogP contribution in [0.25, 0.3) is 0 Å². The summed E-state index contributed by atoms with van der Waals surface area (Å²) in [6.45, 7) is 7.70. The molecule has 2 amide bonds. The molecule has 1 aliphatic rings. The molecule has 1 N–H and O–H groups in total. The number of thiazole rings is 1. The third kappa shape index (κ3) is 3.72. The molecular formula is C15H21N3O4S2. The number of carbonyl (C=O) groups is 3. The zero-order valence-corrected chi connectivity index (χ0v) is 15.8. The van der Waals surface area contributed by atoms with Crippen molar-refractivity contribution in [2.24, 2.45) is 0 Å². The zero-order chi connectivity index (χ0) is 17.9. The van der Waals surface area contributed by atoms with Crippen molar-refractivity contribution in [1.82, 2.24) is 9.88 Å². The van der Waals surface area contributed by atoms with Crippen LogP contribution < -0.4 is 5.32 Å². The van der Waals surface area contributed by atoms with Gasteiger partial charge in [0.1, 0.15) is 10.9 Å². The second-order valence-electron chi connectivity index (χ2n) is 5.64. The maximum absolute atomic E-state index is 12.5. The average Bonchev–Trinajstić information content (AvgIpc) is 3.07. The van der Waals surface area contributed by atoms with Crippen LogP contribution in [-0.2, 0) is 20.7 Å². The number of esters is 1. The minimum Gasteiger partial charge on any atom is -0.462 e. The Morgan fingerprint density at radius 2 is 2.17 bits per heavy atom. The van der Waals surface area contributed by atoms with Crippen molar-refractivity contribution < 1.29 is 19.1 Å². The number of nitrogens with zero attached hydrogens (tertiary/aromatic N) is 2. The SMILES string of the molecule is CCOC(=O)c1sc(NC(=O)C2CSC(C)(C)N2C=O)nc1CC. The number of carbonyl (C=O) groups excluding carboxylic acids is 3. The fourth-order valence-corrected chi connectivity index (χ4v) is 4.55. The number of aromatic nitrogens is 1. The highest BCUT2D eigenvalue weighted by Gasteiger charge is 2.43. The fourth-order valence-electron chi connectivity index (χ4n) is 2.41. The number of amides is 2. The van der Waals surface area contributed by atoms with Crippen LogP contribution in [0, 0.1) is 0 Å². The highest BCUT2D eigenvalue weighted by molar-refractivity contribution is 8.00. The van der Waals surface area contributed by atoms with Gasteiger partial charge in [0.05, 0.1) is 17.2 Å². The molecule has 1 aromatic rings. The van der Waals surface area contributed by atoms with E-state index >= 15 is 0 Å². The molecular weight excluding hydrogens is 350 g/mol. The van der Waals surface area contributed by atoms with Crippen LogP contribution in [0.3, 0.4) is 0 Å². The minimum absolute atomic E-state index is 0.282. The number of ether oxygens (including phenoxy) is 1. The van der Waals surface area contributed by atoms with Crippen LogP contribution in [0.15, 0.2) is 0 Å². The summed E-state index contributed by atoms with van der Waals surface area (Å²) in [5.74, 6) is -0.208. The molecule has 0 aliphatic carbocycles. The van der Waals surface area contributed by atoms with Gasteiger partial charge >= 0.3 is 5.97 Å². The van der Waals surface area contributed by atoms with Crippen molar-refractivity contribution in [2.45, 2.75) is 45.0 Å². The molecule has 2 heterocycles. The van der Waals surface area contributed by atoms with Gasteiger partial charge in [-0.3, -0.25) is 9.59 Å². The quantitative estimate of drug-likeness (QED) is 0.609. The van der Waals surface area contributed by atoms with E-state index < -0.39 is 16.9 Å². The first-order chi connectivity index (χ1) is 11.3. The van der Waals surface area contributed by atoms with Gasteiger partial charge in [-0.1, -0.05) is 18.3 Å². The Balaban J connectivity index is 2.15. The number of thioether (sulfide) groups is 1. The zero-order valence-electron chi connectivity index (χ0n) is 14.1. The molecule has 24 heavy (non-hydrogen) atoms. The monoisotopic (exact) mass is 371 g/mol. The summed E-state index contributed by atoms with van der Waals surface area (Å²) < 4.78 is 5.01. The molecule has 1 atom stereocenters. The van der Waals surface area contributed by atoms with Crippen LogP contribution in [0.2, 0.25) is 0 Å². The van der Waals surface area contributed by atoms with E-state index in [1.54, 1.807) is 18.7 Å². The Bertz CT molecular complexity index is 645. The minimum atomic E-state index is -0.553. The third-order valence-electron chi connectivity index (χ3n) is 3.69. The molecule has 1 aromatic heterocycles. The molecule has 7 nitrogen and oxygen atoms in total. The largest absolute Gasteiger partial charge is 0.462 e. The van der Waals surface area contributed by atoms with E-state index in [9.17, 15) is 14.4 Å². The molecule has 0 saturated carbocycles. The van der Waals surface area contributed by atoms with Gasteiger partial charge in [-0.05, 0) is 27.2 Å². The average molecular weight is 371 g/mol. The van der Waals surface area contributed by atoms with E-state index in [4.69, 9.17) is 4.74 Å². The lowest BCUT2D eigenvalue weighted by molar-refractivity contribution is -0.130. The normalized spacial score (nSPS) is 19.2. The lowest BCUT2D eigenvalue weighted by Crippen LogP contribution is -2.47. The highest BCUT2D eigenvalue weighted by Crippen LogP contribution is 2.38. The summed E-state index contributed by atoms with van der Waals surface area (Å²) in [5, 5.41) is 3.07. The smallest absolute Gasteiger partial charge is 0.350 e. The predicted octanol–water partition coefficient (Wildman–Crippen LogP) is 2.13. The number of anilines is 1.